The van der Waals surface area contributed by atoms with E-state index in [9.17, 15) is 19.8 Å². The van der Waals surface area contributed by atoms with Crippen LogP contribution in [0.3, 0.4) is 0 Å². The number of aliphatic hydroxyl groups is 2. The highest BCUT2D eigenvalue weighted by Gasteiger charge is 2.44. The van der Waals surface area contributed by atoms with E-state index in [1.54, 1.807) is 0 Å². The fraction of sp³-hybridized carbons (Fsp3) is 0.615. The molecule has 1 saturated heterocycles. The first kappa shape index (κ1) is 17.3. The predicted molar refractivity (Wildman–Crippen MR) is 78.1 cm³/mol. The average Bonchev–Trinajstić information content (AvgIpc) is 2.79. The SMILES string of the molecule is NCCCC(=O)OC[C@H]1O[C@@H](n2ccc(N)nc2=O)C(O)C1O. The standard InChI is InChI=1S/C13H20N4O6/c14-4-1-2-9(18)22-6-7-10(19)11(20)12(23-7)17-5-3-8(15)16-13(17)21/h3,5,7,10-12,19-20H,1-2,4,6,14H2,(H2,15,16,21)/t7-,10?,11?,12-/m1/s1. The molecule has 0 amide bonds. The smallest absolute Gasteiger partial charge is 0.351 e. The number of ether oxygens (including phenoxy) is 2. The van der Waals surface area contributed by atoms with Crippen molar-refractivity contribution in [1.82, 2.24) is 9.55 Å². The molecule has 128 valence electrons. The third-order valence-electron chi connectivity index (χ3n) is 3.46. The second kappa shape index (κ2) is 7.51. The zero-order chi connectivity index (χ0) is 17.0. The second-order valence-electron chi connectivity index (χ2n) is 5.16. The lowest BCUT2D eigenvalue weighted by Gasteiger charge is -2.16. The van der Waals surface area contributed by atoms with Gasteiger partial charge in [-0.2, -0.15) is 4.98 Å². The van der Waals surface area contributed by atoms with E-state index in [2.05, 4.69) is 4.98 Å². The van der Waals surface area contributed by atoms with E-state index >= 15 is 0 Å². The Bertz CT molecular complexity index is 606. The Labute approximate surface area is 131 Å². The maximum atomic E-state index is 11.8. The number of esters is 1. The minimum absolute atomic E-state index is 0.0321. The van der Waals surface area contributed by atoms with Gasteiger partial charge in [0, 0.05) is 12.6 Å². The van der Waals surface area contributed by atoms with Gasteiger partial charge < -0.3 is 31.2 Å². The summed E-state index contributed by atoms with van der Waals surface area (Å²) in [6, 6.07) is 1.37. The van der Waals surface area contributed by atoms with Crippen LogP contribution in [0.1, 0.15) is 19.1 Å². The molecule has 0 radical (unpaired) electrons. The van der Waals surface area contributed by atoms with Gasteiger partial charge in [-0.05, 0) is 19.0 Å². The summed E-state index contributed by atoms with van der Waals surface area (Å²) < 4.78 is 11.4. The minimum atomic E-state index is -1.37. The Balaban J connectivity index is 2.00. The number of carbonyl (C=O) groups excluding carboxylic acids is 1. The van der Waals surface area contributed by atoms with Gasteiger partial charge in [-0.25, -0.2) is 4.79 Å². The monoisotopic (exact) mass is 328 g/mol. The third-order valence-corrected chi connectivity index (χ3v) is 3.46. The number of nitrogens with two attached hydrogens (primary N) is 2. The van der Waals surface area contributed by atoms with Gasteiger partial charge in [0.15, 0.2) is 6.23 Å². The molecule has 2 heterocycles. The number of rotatable bonds is 6. The number of carbonyl (C=O) groups is 1. The van der Waals surface area contributed by atoms with Gasteiger partial charge in [0.2, 0.25) is 0 Å². The maximum absolute atomic E-state index is 11.8. The van der Waals surface area contributed by atoms with Crippen LogP contribution in [0.5, 0.6) is 0 Å². The van der Waals surface area contributed by atoms with Gasteiger partial charge >= 0.3 is 11.7 Å². The van der Waals surface area contributed by atoms with Gasteiger partial charge in [-0.1, -0.05) is 0 Å². The average molecular weight is 328 g/mol. The van der Waals surface area contributed by atoms with Crippen LogP contribution in [-0.4, -0.2) is 57.2 Å². The summed E-state index contributed by atoms with van der Waals surface area (Å²) in [5.74, 6) is -0.444. The first-order chi connectivity index (χ1) is 10.9. The molecule has 0 aromatic carbocycles. The van der Waals surface area contributed by atoms with Crippen molar-refractivity contribution in [2.24, 2.45) is 5.73 Å². The van der Waals surface area contributed by atoms with Crippen LogP contribution in [0.4, 0.5) is 5.82 Å². The molecule has 1 aliphatic heterocycles. The summed E-state index contributed by atoms with van der Waals surface area (Å²) in [4.78, 5) is 26.7. The Morgan fingerprint density at radius 2 is 2.17 bits per heavy atom. The molecular weight excluding hydrogens is 308 g/mol. The number of anilines is 1. The first-order valence-corrected chi connectivity index (χ1v) is 7.16. The van der Waals surface area contributed by atoms with Crippen molar-refractivity contribution < 1.29 is 24.5 Å². The molecule has 1 aromatic heterocycles. The summed E-state index contributed by atoms with van der Waals surface area (Å²) in [7, 11) is 0. The van der Waals surface area contributed by atoms with Crippen LogP contribution in [0.2, 0.25) is 0 Å². The Hall–Kier alpha value is -2.01. The van der Waals surface area contributed by atoms with E-state index < -0.39 is 36.2 Å². The number of nitrogen functional groups attached to an aromatic ring is 1. The van der Waals surface area contributed by atoms with Gasteiger partial charge in [0.25, 0.3) is 0 Å². The molecule has 0 spiro atoms. The van der Waals surface area contributed by atoms with Crippen LogP contribution in [0.25, 0.3) is 0 Å². The first-order valence-electron chi connectivity index (χ1n) is 7.16. The Kier molecular flexibility index (Phi) is 5.66. The lowest BCUT2D eigenvalue weighted by Crippen LogP contribution is -2.36. The van der Waals surface area contributed by atoms with Crippen molar-refractivity contribution in [2.45, 2.75) is 37.4 Å². The van der Waals surface area contributed by atoms with Gasteiger partial charge in [0.1, 0.15) is 30.7 Å². The lowest BCUT2D eigenvalue weighted by molar-refractivity contribution is -0.150. The minimum Gasteiger partial charge on any atom is -0.463 e. The molecule has 6 N–H and O–H groups in total. The van der Waals surface area contributed by atoms with Gasteiger partial charge in [-0.3, -0.25) is 9.36 Å². The summed E-state index contributed by atoms with van der Waals surface area (Å²) in [5, 5.41) is 20.0. The van der Waals surface area contributed by atoms with Crippen molar-refractivity contribution in [3.63, 3.8) is 0 Å². The van der Waals surface area contributed by atoms with Crippen LogP contribution < -0.4 is 17.2 Å². The van der Waals surface area contributed by atoms with Crippen molar-refractivity contribution in [3.8, 4) is 0 Å². The second-order valence-corrected chi connectivity index (χ2v) is 5.16. The number of nitrogens with zero attached hydrogens (tertiary/aromatic N) is 2. The van der Waals surface area contributed by atoms with Crippen molar-refractivity contribution >= 4 is 11.8 Å². The van der Waals surface area contributed by atoms with E-state index in [-0.39, 0.29) is 18.8 Å². The molecule has 10 heteroatoms. The predicted octanol–water partition coefficient (Wildman–Crippen LogP) is -2.27. The largest absolute Gasteiger partial charge is 0.463 e. The molecule has 4 atom stereocenters. The van der Waals surface area contributed by atoms with E-state index in [1.807, 2.05) is 0 Å². The topological polar surface area (TPSA) is 163 Å². The molecule has 0 bridgehead atoms. The van der Waals surface area contributed by atoms with Gasteiger partial charge in [0.05, 0.1) is 0 Å². The summed E-state index contributed by atoms with van der Waals surface area (Å²) in [5.41, 5.74) is 9.96. The lowest BCUT2D eigenvalue weighted by atomic mass is 10.1. The fourth-order valence-corrected chi connectivity index (χ4v) is 2.21. The van der Waals surface area contributed by atoms with Crippen LogP contribution >= 0.6 is 0 Å². The fourth-order valence-electron chi connectivity index (χ4n) is 2.21. The molecular formula is C13H20N4O6. The molecule has 23 heavy (non-hydrogen) atoms. The maximum Gasteiger partial charge on any atom is 0.351 e. The number of hydrogen-bond acceptors (Lipinski definition) is 9. The molecule has 10 nitrogen and oxygen atoms in total. The quantitative estimate of drug-likeness (QED) is 0.421. The molecule has 2 unspecified atom stereocenters. The highest BCUT2D eigenvalue weighted by Crippen LogP contribution is 2.28. The van der Waals surface area contributed by atoms with E-state index in [0.717, 1.165) is 4.57 Å². The normalized spacial score (nSPS) is 27.1. The van der Waals surface area contributed by atoms with Crippen LogP contribution in [-0.2, 0) is 14.3 Å². The highest BCUT2D eigenvalue weighted by molar-refractivity contribution is 5.69. The Morgan fingerprint density at radius 1 is 1.43 bits per heavy atom. The van der Waals surface area contributed by atoms with E-state index in [4.69, 9.17) is 20.9 Å². The van der Waals surface area contributed by atoms with Crippen molar-refractivity contribution in [1.29, 1.82) is 0 Å². The third kappa shape index (κ3) is 4.05. The molecule has 1 aliphatic rings. The van der Waals surface area contributed by atoms with Crippen molar-refractivity contribution in [3.05, 3.63) is 22.7 Å². The number of aromatic nitrogens is 2. The van der Waals surface area contributed by atoms with Crippen LogP contribution in [0, 0.1) is 0 Å². The zero-order valence-corrected chi connectivity index (χ0v) is 12.4. The molecule has 2 rings (SSSR count). The van der Waals surface area contributed by atoms with Gasteiger partial charge in [-0.15, -0.1) is 0 Å². The van der Waals surface area contributed by atoms with E-state index in [0.29, 0.717) is 13.0 Å². The molecule has 1 fully saturated rings. The Morgan fingerprint density at radius 3 is 2.83 bits per heavy atom. The van der Waals surface area contributed by atoms with E-state index in [1.165, 1.54) is 12.3 Å². The molecule has 0 aliphatic carbocycles. The van der Waals surface area contributed by atoms with Crippen molar-refractivity contribution in [2.75, 3.05) is 18.9 Å². The summed E-state index contributed by atoms with van der Waals surface area (Å²) in [6.07, 6.45) is -2.82. The number of hydrogen-bond donors (Lipinski definition) is 4. The number of aliphatic hydroxyl groups excluding tert-OH is 2. The highest BCUT2D eigenvalue weighted by atomic mass is 16.6. The zero-order valence-electron chi connectivity index (χ0n) is 12.4. The summed E-state index contributed by atoms with van der Waals surface area (Å²) in [6.45, 7) is 0.126. The molecule has 1 aromatic rings. The van der Waals surface area contributed by atoms with Crippen LogP contribution in [0.15, 0.2) is 17.1 Å². The molecule has 0 saturated carbocycles. The summed E-state index contributed by atoms with van der Waals surface area (Å²) >= 11 is 0.